The van der Waals surface area contributed by atoms with E-state index < -0.39 is 0 Å². The molecule has 1 aliphatic heterocycles. The number of ether oxygens (including phenoxy) is 1. The Hall–Kier alpha value is -3.16. The van der Waals surface area contributed by atoms with E-state index in [1.54, 1.807) is 18.7 Å². The number of hydrogen-bond donors (Lipinski definition) is 1. The topological polar surface area (TPSA) is 70.2 Å². The summed E-state index contributed by atoms with van der Waals surface area (Å²) >= 11 is 6.04. The molecule has 31 heavy (non-hydrogen) atoms. The van der Waals surface area contributed by atoms with Gasteiger partial charge in [-0.3, -0.25) is 9.88 Å². The smallest absolute Gasteiger partial charge is 0.234 e. The van der Waals surface area contributed by atoms with Crippen molar-refractivity contribution >= 4 is 28.5 Å². The lowest BCUT2D eigenvalue weighted by atomic mass is 10.1. The first-order chi connectivity index (χ1) is 15.2. The summed E-state index contributed by atoms with van der Waals surface area (Å²) in [7, 11) is 0. The molecule has 2 aromatic heterocycles. The van der Waals surface area contributed by atoms with Gasteiger partial charge in [0.2, 0.25) is 5.88 Å². The number of aromatic nitrogens is 4. The van der Waals surface area contributed by atoms with Crippen molar-refractivity contribution in [2.24, 2.45) is 0 Å². The van der Waals surface area contributed by atoms with E-state index in [-0.39, 0.29) is 0 Å². The number of imidazole rings is 1. The van der Waals surface area contributed by atoms with Gasteiger partial charge in [-0.25, -0.2) is 4.98 Å². The van der Waals surface area contributed by atoms with Gasteiger partial charge >= 0.3 is 0 Å². The van der Waals surface area contributed by atoms with E-state index in [0.29, 0.717) is 17.5 Å². The molecule has 7 nitrogen and oxygen atoms in total. The highest BCUT2D eigenvalue weighted by Crippen LogP contribution is 2.19. The van der Waals surface area contributed by atoms with Crippen molar-refractivity contribution in [3.63, 3.8) is 0 Å². The zero-order valence-corrected chi connectivity index (χ0v) is 17.8. The summed E-state index contributed by atoms with van der Waals surface area (Å²) in [5, 5.41) is 0.697. The van der Waals surface area contributed by atoms with Crippen molar-refractivity contribution in [2.75, 3.05) is 31.1 Å². The molecule has 0 spiro atoms. The Morgan fingerprint density at radius 1 is 1.00 bits per heavy atom. The fourth-order valence-electron chi connectivity index (χ4n) is 3.82. The number of anilines is 1. The zero-order valence-electron chi connectivity index (χ0n) is 17.0. The molecule has 0 atom stereocenters. The van der Waals surface area contributed by atoms with Gasteiger partial charge < -0.3 is 14.6 Å². The van der Waals surface area contributed by atoms with Gasteiger partial charge in [0, 0.05) is 37.7 Å². The second-order valence-corrected chi connectivity index (χ2v) is 8.09. The summed E-state index contributed by atoms with van der Waals surface area (Å²) in [6.45, 7) is 5.08. The van der Waals surface area contributed by atoms with E-state index >= 15 is 0 Å². The molecule has 4 aromatic rings. The molecule has 0 bridgehead atoms. The van der Waals surface area contributed by atoms with Crippen LogP contribution in [0, 0.1) is 0 Å². The third-order valence-corrected chi connectivity index (χ3v) is 5.70. The van der Waals surface area contributed by atoms with Crippen LogP contribution in [0.3, 0.4) is 0 Å². The fourth-order valence-corrected chi connectivity index (χ4v) is 4.03. The molecule has 0 aliphatic carbocycles. The average molecular weight is 435 g/mol. The number of rotatable bonds is 6. The molecule has 3 heterocycles. The van der Waals surface area contributed by atoms with Crippen LogP contribution in [0.4, 0.5) is 5.82 Å². The third-order valence-electron chi connectivity index (χ3n) is 5.46. The number of benzene rings is 2. The minimum Gasteiger partial charge on any atom is -0.472 e. The first kappa shape index (κ1) is 19.8. The van der Waals surface area contributed by atoms with E-state index in [9.17, 15) is 0 Å². The van der Waals surface area contributed by atoms with Crippen molar-refractivity contribution in [1.29, 1.82) is 0 Å². The summed E-state index contributed by atoms with van der Waals surface area (Å²) in [4.78, 5) is 21.2. The van der Waals surface area contributed by atoms with Gasteiger partial charge in [-0.15, -0.1) is 0 Å². The van der Waals surface area contributed by atoms with Gasteiger partial charge in [-0.1, -0.05) is 29.8 Å². The number of aromatic amines is 1. The standard InChI is InChI=1S/C23H23ClN6O/c24-19-3-1-2-18(10-19)15-31-23-13-25-12-22(28-23)30-8-6-29(7-9-30)14-17-4-5-20-21(11-17)27-16-26-20/h1-5,10-13,16H,6-9,14-15H2,(H,26,27). The molecule has 158 valence electrons. The SMILES string of the molecule is Clc1cccc(COc2cncc(N3CCN(Cc4ccc5nc[nH]c5c4)CC3)n2)c1. The summed E-state index contributed by atoms with van der Waals surface area (Å²) in [6.07, 6.45) is 5.19. The highest BCUT2D eigenvalue weighted by molar-refractivity contribution is 6.30. The third kappa shape index (κ3) is 4.78. The summed E-state index contributed by atoms with van der Waals surface area (Å²) in [6, 6.07) is 14.0. The predicted octanol–water partition coefficient (Wildman–Crippen LogP) is 3.91. The molecule has 0 amide bonds. The van der Waals surface area contributed by atoms with Crippen LogP contribution in [0.5, 0.6) is 5.88 Å². The maximum absolute atomic E-state index is 6.04. The largest absolute Gasteiger partial charge is 0.472 e. The molecule has 1 aliphatic rings. The van der Waals surface area contributed by atoms with E-state index in [0.717, 1.165) is 55.1 Å². The number of nitrogens with one attached hydrogen (secondary N) is 1. The Morgan fingerprint density at radius 2 is 1.90 bits per heavy atom. The highest BCUT2D eigenvalue weighted by Gasteiger charge is 2.19. The number of fused-ring (bicyclic) bond motifs is 1. The van der Waals surface area contributed by atoms with Crippen molar-refractivity contribution in [3.8, 4) is 5.88 Å². The highest BCUT2D eigenvalue weighted by atomic mass is 35.5. The number of halogens is 1. The van der Waals surface area contributed by atoms with Crippen molar-refractivity contribution < 1.29 is 4.74 Å². The van der Waals surface area contributed by atoms with Crippen LogP contribution in [0.25, 0.3) is 11.0 Å². The normalized spacial score (nSPS) is 14.8. The zero-order chi connectivity index (χ0) is 21.0. The second kappa shape index (κ2) is 8.91. The molecule has 0 radical (unpaired) electrons. The Labute approximate surface area is 185 Å². The average Bonchev–Trinajstić information content (AvgIpc) is 3.26. The lowest BCUT2D eigenvalue weighted by Crippen LogP contribution is -2.46. The lowest BCUT2D eigenvalue weighted by molar-refractivity contribution is 0.248. The van der Waals surface area contributed by atoms with Crippen LogP contribution in [0.1, 0.15) is 11.1 Å². The van der Waals surface area contributed by atoms with Gasteiger partial charge in [0.1, 0.15) is 6.61 Å². The first-order valence-corrected chi connectivity index (χ1v) is 10.7. The molecule has 0 saturated carbocycles. The number of H-pyrrole nitrogens is 1. The molecule has 2 aromatic carbocycles. The van der Waals surface area contributed by atoms with E-state index in [4.69, 9.17) is 16.3 Å². The molecule has 1 saturated heterocycles. The number of hydrogen-bond acceptors (Lipinski definition) is 6. The summed E-state index contributed by atoms with van der Waals surface area (Å²) in [5.41, 5.74) is 4.38. The van der Waals surface area contributed by atoms with Gasteiger partial charge in [-0.2, -0.15) is 4.98 Å². The molecule has 1 N–H and O–H groups in total. The molecule has 8 heteroatoms. The van der Waals surface area contributed by atoms with Crippen LogP contribution in [-0.4, -0.2) is 51.0 Å². The van der Waals surface area contributed by atoms with E-state index in [1.165, 1.54) is 5.56 Å². The van der Waals surface area contributed by atoms with Gasteiger partial charge in [0.25, 0.3) is 0 Å². The van der Waals surface area contributed by atoms with Crippen LogP contribution < -0.4 is 9.64 Å². The molecular formula is C23H23ClN6O. The Kier molecular flexibility index (Phi) is 5.69. The fraction of sp³-hybridized carbons (Fsp3) is 0.261. The van der Waals surface area contributed by atoms with Crippen molar-refractivity contribution in [1.82, 2.24) is 24.8 Å². The summed E-state index contributed by atoms with van der Waals surface area (Å²) < 4.78 is 5.83. The number of piperazine rings is 1. The Morgan fingerprint density at radius 3 is 2.77 bits per heavy atom. The lowest BCUT2D eigenvalue weighted by Gasteiger charge is -2.35. The maximum Gasteiger partial charge on any atom is 0.234 e. The van der Waals surface area contributed by atoms with Gasteiger partial charge in [0.05, 0.1) is 29.8 Å². The van der Waals surface area contributed by atoms with Crippen LogP contribution in [0.2, 0.25) is 5.02 Å². The van der Waals surface area contributed by atoms with E-state index in [2.05, 4.69) is 47.9 Å². The van der Waals surface area contributed by atoms with E-state index in [1.807, 2.05) is 24.3 Å². The Bertz CT molecular complexity index is 1170. The quantitative estimate of drug-likeness (QED) is 0.496. The summed E-state index contributed by atoms with van der Waals surface area (Å²) in [5.74, 6) is 1.37. The van der Waals surface area contributed by atoms with Gasteiger partial charge in [0.15, 0.2) is 5.82 Å². The van der Waals surface area contributed by atoms with Crippen LogP contribution in [0.15, 0.2) is 61.2 Å². The predicted molar refractivity (Wildman–Crippen MR) is 121 cm³/mol. The number of nitrogens with zero attached hydrogens (tertiary/aromatic N) is 5. The maximum atomic E-state index is 6.04. The van der Waals surface area contributed by atoms with Gasteiger partial charge in [-0.05, 0) is 35.4 Å². The molecular weight excluding hydrogens is 412 g/mol. The minimum absolute atomic E-state index is 0.410. The van der Waals surface area contributed by atoms with Crippen LogP contribution >= 0.6 is 11.6 Å². The monoisotopic (exact) mass is 434 g/mol. The van der Waals surface area contributed by atoms with Crippen molar-refractivity contribution in [2.45, 2.75) is 13.2 Å². The van der Waals surface area contributed by atoms with Crippen LogP contribution in [-0.2, 0) is 13.2 Å². The second-order valence-electron chi connectivity index (χ2n) is 7.65. The first-order valence-electron chi connectivity index (χ1n) is 10.3. The minimum atomic E-state index is 0.410. The molecule has 5 rings (SSSR count). The molecule has 1 fully saturated rings. The molecule has 0 unspecified atom stereocenters. The van der Waals surface area contributed by atoms with Crippen molar-refractivity contribution in [3.05, 3.63) is 77.3 Å². The Balaban J connectivity index is 1.17.